The number of benzene rings is 1. The molecule has 0 unspecified atom stereocenters. The second kappa shape index (κ2) is 4.94. The van der Waals surface area contributed by atoms with Crippen molar-refractivity contribution in [2.45, 2.75) is 32.3 Å². The summed E-state index contributed by atoms with van der Waals surface area (Å²) in [5.74, 6) is 0.215. The van der Waals surface area contributed by atoms with Gasteiger partial charge in [-0.05, 0) is 43.9 Å². The van der Waals surface area contributed by atoms with Crippen molar-refractivity contribution in [1.29, 1.82) is 0 Å². The molecule has 1 fully saturated rings. The normalized spacial score (nSPS) is 16.0. The predicted octanol–water partition coefficient (Wildman–Crippen LogP) is 2.74. The van der Waals surface area contributed by atoms with Gasteiger partial charge in [-0.25, -0.2) is 4.68 Å². The minimum Gasteiger partial charge on any atom is -0.506 e. The summed E-state index contributed by atoms with van der Waals surface area (Å²) >= 11 is 1.50. The van der Waals surface area contributed by atoms with Gasteiger partial charge in [-0.3, -0.25) is 0 Å². The lowest BCUT2D eigenvalue weighted by molar-refractivity contribution is 0.164. The first-order valence-corrected chi connectivity index (χ1v) is 8.38. The molecular formula is C16H18N4O2S. The molecule has 7 heteroatoms. The number of rotatable bonds is 4. The van der Waals surface area contributed by atoms with Crippen LogP contribution in [0, 0.1) is 13.8 Å². The van der Waals surface area contributed by atoms with Gasteiger partial charge in [-0.15, -0.1) is 5.10 Å². The van der Waals surface area contributed by atoms with Crippen LogP contribution in [0.5, 0.6) is 5.75 Å². The standard InChI is InChI=1S/C16H18N4O2S/c1-9-5-10(2)13(11(21)6-9)20-7-12-14(19-20)18-15(23-12)17-8-16(22)3-4-16/h5-7,21-22H,3-4,8H2,1-2H3,(H,17,18,19). The van der Waals surface area contributed by atoms with Gasteiger partial charge in [0.05, 0.1) is 16.5 Å². The number of aryl methyl sites for hydroxylation is 2. The molecule has 3 N–H and O–H groups in total. The first-order chi connectivity index (χ1) is 10.9. The topological polar surface area (TPSA) is 83.2 Å². The third kappa shape index (κ3) is 2.66. The van der Waals surface area contributed by atoms with Crippen molar-refractivity contribution < 1.29 is 10.2 Å². The molecule has 0 saturated heterocycles. The van der Waals surface area contributed by atoms with Gasteiger partial charge in [-0.2, -0.15) is 4.98 Å². The monoisotopic (exact) mass is 330 g/mol. The van der Waals surface area contributed by atoms with Gasteiger partial charge in [-0.1, -0.05) is 17.4 Å². The van der Waals surface area contributed by atoms with E-state index in [0.717, 1.165) is 33.8 Å². The van der Waals surface area contributed by atoms with E-state index in [1.807, 2.05) is 26.1 Å². The fourth-order valence-electron chi connectivity index (χ4n) is 2.71. The summed E-state index contributed by atoms with van der Waals surface area (Å²) in [6.07, 6.45) is 3.57. The number of anilines is 1. The summed E-state index contributed by atoms with van der Waals surface area (Å²) in [6.45, 7) is 4.43. The number of aromatic nitrogens is 3. The molecule has 1 saturated carbocycles. The Kier molecular flexibility index (Phi) is 3.11. The van der Waals surface area contributed by atoms with Crippen LogP contribution in [0.25, 0.3) is 16.0 Å². The molecule has 1 aliphatic carbocycles. The highest BCUT2D eigenvalue weighted by atomic mass is 32.1. The number of aromatic hydroxyl groups is 1. The van der Waals surface area contributed by atoms with Crippen LogP contribution in [0.3, 0.4) is 0 Å². The average molecular weight is 330 g/mol. The van der Waals surface area contributed by atoms with Crippen LogP contribution >= 0.6 is 11.3 Å². The first-order valence-electron chi connectivity index (χ1n) is 7.57. The molecule has 2 heterocycles. The van der Waals surface area contributed by atoms with Crippen LogP contribution in [0.2, 0.25) is 0 Å². The number of fused-ring (bicyclic) bond motifs is 1. The minimum absolute atomic E-state index is 0.215. The highest BCUT2D eigenvalue weighted by molar-refractivity contribution is 7.22. The molecule has 120 valence electrons. The van der Waals surface area contributed by atoms with E-state index >= 15 is 0 Å². The Labute approximate surface area is 137 Å². The first kappa shape index (κ1) is 14.5. The molecule has 0 spiro atoms. The molecule has 1 aliphatic rings. The average Bonchev–Trinajstić information content (AvgIpc) is 2.89. The van der Waals surface area contributed by atoms with Crippen LogP contribution in [-0.2, 0) is 0 Å². The van der Waals surface area contributed by atoms with Crippen molar-refractivity contribution >= 4 is 26.8 Å². The maximum absolute atomic E-state index is 10.2. The SMILES string of the molecule is Cc1cc(C)c(-n2cc3sc(NCC4(O)CC4)nc3n2)c(O)c1. The number of phenols is 1. The van der Waals surface area contributed by atoms with Gasteiger partial charge < -0.3 is 15.5 Å². The van der Waals surface area contributed by atoms with Crippen molar-refractivity contribution in [2.24, 2.45) is 0 Å². The number of aliphatic hydroxyl groups is 1. The summed E-state index contributed by atoms with van der Waals surface area (Å²) in [5, 5.41) is 28.5. The third-order valence-corrected chi connectivity index (χ3v) is 5.06. The van der Waals surface area contributed by atoms with Crippen molar-refractivity contribution in [2.75, 3.05) is 11.9 Å². The zero-order valence-electron chi connectivity index (χ0n) is 13.0. The molecule has 6 nitrogen and oxygen atoms in total. The molecule has 0 aliphatic heterocycles. The lowest BCUT2D eigenvalue weighted by atomic mass is 10.1. The third-order valence-electron chi connectivity index (χ3n) is 4.13. The van der Waals surface area contributed by atoms with E-state index in [0.29, 0.717) is 17.9 Å². The molecule has 23 heavy (non-hydrogen) atoms. The van der Waals surface area contributed by atoms with Crippen molar-refractivity contribution in [3.05, 3.63) is 29.5 Å². The Bertz CT molecular complexity index is 840. The molecule has 0 bridgehead atoms. The Morgan fingerprint density at radius 3 is 2.78 bits per heavy atom. The van der Waals surface area contributed by atoms with Crippen molar-refractivity contribution in [1.82, 2.24) is 14.8 Å². The number of nitrogens with one attached hydrogen (secondary N) is 1. The number of thiazole rings is 1. The van der Waals surface area contributed by atoms with E-state index in [1.165, 1.54) is 11.3 Å². The minimum atomic E-state index is -0.548. The summed E-state index contributed by atoms with van der Waals surface area (Å²) in [4.78, 5) is 4.45. The molecule has 4 rings (SSSR count). The molecule has 0 amide bonds. The Balaban J connectivity index is 1.64. The molecule has 0 atom stereocenters. The van der Waals surface area contributed by atoms with Crippen LogP contribution in [0.15, 0.2) is 18.3 Å². The Morgan fingerprint density at radius 2 is 2.13 bits per heavy atom. The zero-order chi connectivity index (χ0) is 16.2. The van der Waals surface area contributed by atoms with Crippen LogP contribution < -0.4 is 5.32 Å². The summed E-state index contributed by atoms with van der Waals surface area (Å²) in [7, 11) is 0. The van der Waals surface area contributed by atoms with E-state index < -0.39 is 5.60 Å². The molecule has 3 aromatic rings. The van der Waals surface area contributed by atoms with Gasteiger partial charge in [0.1, 0.15) is 11.4 Å². The largest absolute Gasteiger partial charge is 0.506 e. The van der Waals surface area contributed by atoms with Crippen LogP contribution in [0.1, 0.15) is 24.0 Å². The fraction of sp³-hybridized carbons (Fsp3) is 0.375. The zero-order valence-corrected chi connectivity index (χ0v) is 13.8. The van der Waals surface area contributed by atoms with Crippen molar-refractivity contribution in [3.63, 3.8) is 0 Å². The van der Waals surface area contributed by atoms with Gasteiger partial charge in [0, 0.05) is 6.54 Å². The maximum Gasteiger partial charge on any atom is 0.194 e. The van der Waals surface area contributed by atoms with Gasteiger partial charge in [0.15, 0.2) is 10.8 Å². The molecule has 1 aromatic carbocycles. The maximum atomic E-state index is 10.2. The summed E-state index contributed by atoms with van der Waals surface area (Å²) in [5.41, 5.74) is 2.75. The fourth-order valence-corrected chi connectivity index (χ4v) is 3.52. The number of phenolic OH excluding ortho intramolecular Hbond substituents is 1. The summed E-state index contributed by atoms with van der Waals surface area (Å²) < 4.78 is 2.62. The Hall–Kier alpha value is -2.12. The van der Waals surface area contributed by atoms with Gasteiger partial charge in [0.25, 0.3) is 0 Å². The quantitative estimate of drug-likeness (QED) is 0.685. The van der Waals surface area contributed by atoms with Crippen LogP contribution in [-0.4, -0.2) is 37.1 Å². The predicted molar refractivity (Wildman–Crippen MR) is 90.6 cm³/mol. The number of hydrogen-bond donors (Lipinski definition) is 3. The van der Waals surface area contributed by atoms with E-state index in [-0.39, 0.29) is 5.75 Å². The lowest BCUT2D eigenvalue weighted by Gasteiger charge is -2.09. The van der Waals surface area contributed by atoms with E-state index in [4.69, 9.17) is 0 Å². The number of hydrogen-bond acceptors (Lipinski definition) is 6. The smallest absolute Gasteiger partial charge is 0.194 e. The molecule has 2 aromatic heterocycles. The van der Waals surface area contributed by atoms with E-state index in [9.17, 15) is 10.2 Å². The number of nitrogens with zero attached hydrogens (tertiary/aromatic N) is 3. The molecule has 0 radical (unpaired) electrons. The van der Waals surface area contributed by atoms with Crippen molar-refractivity contribution in [3.8, 4) is 11.4 Å². The van der Waals surface area contributed by atoms with E-state index in [1.54, 1.807) is 10.7 Å². The highest BCUT2D eigenvalue weighted by Crippen LogP contribution is 2.36. The van der Waals surface area contributed by atoms with Crippen LogP contribution in [0.4, 0.5) is 5.13 Å². The lowest BCUT2D eigenvalue weighted by Crippen LogP contribution is -2.20. The molecular weight excluding hydrogens is 312 g/mol. The second-order valence-corrected chi connectivity index (χ2v) is 7.34. The summed E-state index contributed by atoms with van der Waals surface area (Å²) in [6, 6.07) is 3.75. The van der Waals surface area contributed by atoms with Gasteiger partial charge >= 0.3 is 0 Å². The Morgan fingerprint density at radius 1 is 1.35 bits per heavy atom. The van der Waals surface area contributed by atoms with Gasteiger partial charge in [0.2, 0.25) is 0 Å². The second-order valence-electron chi connectivity index (χ2n) is 6.31. The highest BCUT2D eigenvalue weighted by Gasteiger charge is 2.40. The van der Waals surface area contributed by atoms with E-state index in [2.05, 4.69) is 15.4 Å².